The number of fused-ring (bicyclic) bond motifs is 3. The van der Waals surface area contributed by atoms with Crippen LogP contribution in [-0.2, 0) is 24.3 Å². The van der Waals surface area contributed by atoms with Crippen LogP contribution < -0.4 is 9.47 Å². The van der Waals surface area contributed by atoms with Crippen LogP contribution in [-0.4, -0.2) is 41.0 Å². The van der Waals surface area contributed by atoms with Crippen molar-refractivity contribution >= 4 is 0 Å². The Morgan fingerprint density at radius 3 is 1.05 bits per heavy atom. The second-order valence-electron chi connectivity index (χ2n) is 15.5. The second-order valence-corrected chi connectivity index (χ2v) is 15.5. The molecule has 0 fully saturated rings. The van der Waals surface area contributed by atoms with E-state index in [-0.39, 0.29) is 0 Å². The molecule has 1 heterocycles. The SMILES string of the molecule is CCCC[N+]1(CCCC)Cc2c(C(O)(c3ccccc3)c3ccccc3)ccc(OCC)c2-c2c(OCC)ccc(C(O)(c3ccccc3)c3ccccc3)c2C1. The lowest BCUT2D eigenvalue weighted by molar-refractivity contribution is -0.953. The minimum absolute atomic E-state index is 0.468. The minimum Gasteiger partial charge on any atom is -0.493 e. The molecule has 0 atom stereocenters. The highest BCUT2D eigenvalue weighted by molar-refractivity contribution is 5.85. The number of nitrogens with zero attached hydrogens (tertiary/aromatic N) is 1. The number of aliphatic hydroxyl groups is 2. The molecule has 2 N–H and O–H groups in total. The molecule has 0 radical (unpaired) electrons. The van der Waals surface area contributed by atoms with Crippen molar-refractivity contribution in [2.75, 3.05) is 26.3 Å². The Hall–Kier alpha value is -5.20. The first-order valence-electron chi connectivity index (χ1n) is 20.9. The van der Waals surface area contributed by atoms with Crippen LogP contribution in [0.2, 0.25) is 0 Å². The van der Waals surface area contributed by atoms with Crippen molar-refractivity contribution < 1.29 is 24.2 Å². The Morgan fingerprint density at radius 2 is 0.772 bits per heavy atom. The van der Waals surface area contributed by atoms with E-state index in [4.69, 9.17) is 9.47 Å². The van der Waals surface area contributed by atoms with Crippen LogP contribution in [0.1, 0.15) is 97.9 Å². The summed E-state index contributed by atoms with van der Waals surface area (Å²) in [4.78, 5) is 0. The Labute approximate surface area is 339 Å². The molecule has 5 heteroatoms. The molecule has 0 spiro atoms. The van der Waals surface area contributed by atoms with Crippen molar-refractivity contribution in [3.63, 3.8) is 0 Å². The molecule has 5 nitrogen and oxygen atoms in total. The van der Waals surface area contributed by atoms with Gasteiger partial charge in [0.15, 0.2) is 0 Å². The number of benzene rings is 6. The van der Waals surface area contributed by atoms with Crippen molar-refractivity contribution in [2.45, 2.75) is 77.7 Å². The first kappa shape index (κ1) is 40.0. The molecule has 57 heavy (non-hydrogen) atoms. The molecule has 294 valence electrons. The molecular weight excluding hydrogens is 703 g/mol. The smallest absolute Gasteiger partial charge is 0.141 e. The van der Waals surface area contributed by atoms with Gasteiger partial charge < -0.3 is 24.2 Å². The summed E-state index contributed by atoms with van der Waals surface area (Å²) in [5, 5.41) is 27.2. The predicted octanol–water partition coefficient (Wildman–Crippen LogP) is 11.1. The minimum atomic E-state index is -1.48. The van der Waals surface area contributed by atoms with Gasteiger partial charge in [-0.25, -0.2) is 0 Å². The van der Waals surface area contributed by atoms with Crippen molar-refractivity contribution in [1.29, 1.82) is 0 Å². The maximum Gasteiger partial charge on any atom is 0.141 e. The highest BCUT2D eigenvalue weighted by Gasteiger charge is 2.46. The van der Waals surface area contributed by atoms with E-state index in [9.17, 15) is 10.2 Å². The summed E-state index contributed by atoms with van der Waals surface area (Å²) in [5.41, 5.74) is 5.84. The summed E-state index contributed by atoms with van der Waals surface area (Å²) in [7, 11) is 0. The van der Waals surface area contributed by atoms with Gasteiger partial charge in [0.25, 0.3) is 0 Å². The summed E-state index contributed by atoms with van der Waals surface area (Å²) in [6.07, 6.45) is 4.19. The summed E-state index contributed by atoms with van der Waals surface area (Å²) < 4.78 is 14.1. The van der Waals surface area contributed by atoms with E-state index in [2.05, 4.69) is 26.0 Å². The molecule has 1 aliphatic heterocycles. The van der Waals surface area contributed by atoms with Gasteiger partial charge in [-0.2, -0.15) is 0 Å². The molecule has 0 bridgehead atoms. The third-order valence-corrected chi connectivity index (χ3v) is 11.9. The number of hydrogen-bond donors (Lipinski definition) is 2. The summed E-state index contributed by atoms with van der Waals surface area (Å²) >= 11 is 0. The number of hydrogen-bond acceptors (Lipinski definition) is 4. The van der Waals surface area contributed by atoms with Crippen LogP contribution in [0, 0.1) is 0 Å². The molecule has 0 unspecified atom stereocenters. The molecule has 0 aromatic heterocycles. The number of ether oxygens (including phenoxy) is 2. The molecule has 0 saturated carbocycles. The molecule has 6 aromatic carbocycles. The molecule has 7 rings (SSSR count). The van der Waals surface area contributed by atoms with Gasteiger partial charge in [-0.3, -0.25) is 0 Å². The molecule has 0 amide bonds. The second kappa shape index (κ2) is 17.5. The lowest BCUT2D eigenvalue weighted by atomic mass is 9.74. The summed E-state index contributed by atoms with van der Waals surface area (Å²) in [6.45, 7) is 12.7. The van der Waals surface area contributed by atoms with E-state index >= 15 is 0 Å². The van der Waals surface area contributed by atoms with Gasteiger partial charge in [-0.05, 0) is 61.1 Å². The van der Waals surface area contributed by atoms with E-state index in [1.165, 1.54) is 0 Å². The average molecular weight is 761 g/mol. The number of unbranched alkanes of at least 4 members (excludes halogenated alkanes) is 2. The van der Waals surface area contributed by atoms with Crippen molar-refractivity contribution in [3.8, 4) is 22.6 Å². The van der Waals surface area contributed by atoms with E-state index in [1.807, 2.05) is 147 Å². The molecule has 1 aliphatic rings. The van der Waals surface area contributed by atoms with Crippen LogP contribution in [0.15, 0.2) is 146 Å². The van der Waals surface area contributed by atoms with Gasteiger partial charge >= 0.3 is 0 Å². The van der Waals surface area contributed by atoms with Crippen LogP contribution in [0.4, 0.5) is 0 Å². The van der Waals surface area contributed by atoms with E-state index in [0.717, 1.165) is 110 Å². The first-order valence-corrected chi connectivity index (χ1v) is 20.9. The maximum absolute atomic E-state index is 13.6. The highest BCUT2D eigenvalue weighted by atomic mass is 16.5. The Kier molecular flexibility index (Phi) is 12.3. The Morgan fingerprint density at radius 1 is 0.456 bits per heavy atom. The zero-order chi connectivity index (χ0) is 39.9. The number of rotatable bonds is 16. The lowest BCUT2D eigenvalue weighted by Crippen LogP contribution is -2.48. The molecular formula is C52H58NO4+. The van der Waals surface area contributed by atoms with Gasteiger partial charge in [0.1, 0.15) is 35.8 Å². The molecule has 6 aromatic rings. The number of quaternary nitrogens is 1. The fraction of sp³-hybridized carbons (Fsp3) is 0.308. The van der Waals surface area contributed by atoms with Crippen LogP contribution in [0.25, 0.3) is 11.1 Å². The van der Waals surface area contributed by atoms with Gasteiger partial charge in [0.2, 0.25) is 0 Å². The zero-order valence-electron chi connectivity index (χ0n) is 34.1. The summed E-state index contributed by atoms with van der Waals surface area (Å²) in [6, 6.07) is 48.5. The van der Waals surface area contributed by atoms with Gasteiger partial charge in [0, 0.05) is 33.4 Å². The van der Waals surface area contributed by atoms with Crippen molar-refractivity contribution in [1.82, 2.24) is 0 Å². The van der Waals surface area contributed by atoms with Gasteiger partial charge in [0.05, 0.1) is 26.3 Å². The van der Waals surface area contributed by atoms with E-state index in [0.29, 0.717) is 26.3 Å². The highest BCUT2D eigenvalue weighted by Crippen LogP contribution is 2.53. The third-order valence-electron chi connectivity index (χ3n) is 11.9. The predicted molar refractivity (Wildman–Crippen MR) is 231 cm³/mol. The Bertz CT molecular complexity index is 1980. The maximum atomic E-state index is 13.6. The van der Waals surface area contributed by atoms with E-state index < -0.39 is 11.2 Å². The van der Waals surface area contributed by atoms with Crippen molar-refractivity contribution in [3.05, 3.63) is 190 Å². The molecule has 0 saturated heterocycles. The standard InChI is InChI=1S/C52H58NO4/c1-5-9-35-53(36-10-6-2)37-43-45(51(54,39-23-15-11-16-24-39)40-25-17-12-18-26-40)31-33-47(56-7-3)49(43)50-44(38-53)46(32-34-48(50)57-8-4)52(55,41-27-19-13-20-28-41)42-29-21-14-22-30-42/h11-34,54-55H,5-10,35-38H2,1-4H3/q+1. The topological polar surface area (TPSA) is 58.9 Å². The average Bonchev–Trinajstić information content (AvgIpc) is 3.42. The van der Waals surface area contributed by atoms with Crippen LogP contribution >= 0.6 is 0 Å². The van der Waals surface area contributed by atoms with Crippen molar-refractivity contribution in [2.24, 2.45) is 0 Å². The first-order chi connectivity index (χ1) is 27.8. The summed E-state index contributed by atoms with van der Waals surface area (Å²) in [5.74, 6) is 1.49. The van der Waals surface area contributed by atoms with E-state index in [1.54, 1.807) is 0 Å². The normalized spacial score (nSPS) is 13.6. The fourth-order valence-electron chi connectivity index (χ4n) is 9.17. The van der Waals surface area contributed by atoms with Crippen LogP contribution in [0.5, 0.6) is 11.5 Å². The fourth-order valence-corrected chi connectivity index (χ4v) is 9.17. The van der Waals surface area contributed by atoms with Gasteiger partial charge in [-0.1, -0.05) is 160 Å². The monoisotopic (exact) mass is 760 g/mol. The van der Waals surface area contributed by atoms with Gasteiger partial charge in [-0.15, -0.1) is 0 Å². The quantitative estimate of drug-likeness (QED) is 0.0762. The van der Waals surface area contributed by atoms with Crippen LogP contribution in [0.3, 0.4) is 0 Å². The Balaban J connectivity index is 1.67. The zero-order valence-corrected chi connectivity index (χ0v) is 34.1. The largest absolute Gasteiger partial charge is 0.493 e. The molecule has 0 aliphatic carbocycles. The third kappa shape index (κ3) is 7.52. The lowest BCUT2D eigenvalue weighted by Gasteiger charge is -2.41.